The van der Waals surface area contributed by atoms with Crippen molar-refractivity contribution in [2.45, 2.75) is 39.0 Å². The average Bonchev–Trinajstić information content (AvgIpc) is 3.28. The number of carbonyl (C=O) groups is 2. The SMILES string of the molecule is CC(C)(C)NSCN1C(=O)S/C(=C\c2ccc3c(cnn3Cc3ccc(Cl)cc3C(F)(F)F)c2)C1=O. The number of amides is 2. The lowest BCUT2D eigenvalue weighted by atomic mass is 10.1. The number of thioether (sulfide) groups is 1. The number of benzene rings is 2. The highest BCUT2D eigenvalue weighted by molar-refractivity contribution is 8.18. The molecule has 0 aliphatic carbocycles. The van der Waals surface area contributed by atoms with Gasteiger partial charge < -0.3 is 0 Å². The van der Waals surface area contributed by atoms with Gasteiger partial charge in [-0.15, -0.1) is 0 Å². The molecular weight excluding hydrogens is 533 g/mol. The Morgan fingerprint density at radius 1 is 1.14 bits per heavy atom. The molecular formula is C24H22ClF3N4O2S2. The molecule has 0 saturated carbocycles. The fraction of sp³-hybridized carbons (Fsp3) is 0.292. The van der Waals surface area contributed by atoms with E-state index < -0.39 is 11.7 Å². The monoisotopic (exact) mass is 554 g/mol. The van der Waals surface area contributed by atoms with Crippen LogP contribution in [0.25, 0.3) is 17.0 Å². The number of fused-ring (bicyclic) bond motifs is 1. The number of carbonyl (C=O) groups excluding carboxylic acids is 2. The van der Waals surface area contributed by atoms with Gasteiger partial charge in [-0.2, -0.15) is 18.3 Å². The summed E-state index contributed by atoms with van der Waals surface area (Å²) in [6.45, 7) is 5.86. The maximum absolute atomic E-state index is 13.5. The fourth-order valence-corrected chi connectivity index (χ4v) is 5.46. The summed E-state index contributed by atoms with van der Waals surface area (Å²) in [6.07, 6.45) is -1.36. The van der Waals surface area contributed by atoms with E-state index in [4.69, 9.17) is 11.6 Å². The van der Waals surface area contributed by atoms with Crippen molar-refractivity contribution < 1.29 is 22.8 Å². The minimum atomic E-state index is -4.54. The Kier molecular flexibility index (Phi) is 7.47. The molecule has 12 heteroatoms. The molecule has 1 aliphatic heterocycles. The van der Waals surface area contributed by atoms with Crippen LogP contribution in [0.2, 0.25) is 5.02 Å². The predicted molar refractivity (Wildman–Crippen MR) is 138 cm³/mol. The molecule has 2 aromatic carbocycles. The summed E-state index contributed by atoms with van der Waals surface area (Å²) in [6, 6.07) is 8.90. The molecule has 3 aromatic rings. The van der Waals surface area contributed by atoms with Crippen LogP contribution in [0.15, 0.2) is 47.5 Å². The van der Waals surface area contributed by atoms with Gasteiger partial charge in [0.25, 0.3) is 11.1 Å². The molecule has 0 radical (unpaired) electrons. The molecule has 2 amide bonds. The third-order valence-electron chi connectivity index (χ3n) is 5.11. The van der Waals surface area contributed by atoms with Crippen LogP contribution in [0, 0.1) is 0 Å². The lowest BCUT2D eigenvalue weighted by molar-refractivity contribution is -0.138. The molecule has 1 saturated heterocycles. The Bertz CT molecular complexity index is 1370. The Hall–Kier alpha value is -2.47. The first-order chi connectivity index (χ1) is 16.8. The highest BCUT2D eigenvalue weighted by Gasteiger charge is 2.35. The van der Waals surface area contributed by atoms with Crippen LogP contribution < -0.4 is 4.72 Å². The maximum Gasteiger partial charge on any atom is 0.416 e. The van der Waals surface area contributed by atoms with Crippen LogP contribution in [-0.4, -0.2) is 37.2 Å². The van der Waals surface area contributed by atoms with E-state index in [0.29, 0.717) is 21.4 Å². The van der Waals surface area contributed by atoms with Crippen LogP contribution in [0.5, 0.6) is 0 Å². The van der Waals surface area contributed by atoms with Gasteiger partial charge >= 0.3 is 6.18 Å². The fourth-order valence-electron chi connectivity index (χ4n) is 3.51. The van der Waals surface area contributed by atoms with Crippen molar-refractivity contribution in [1.82, 2.24) is 19.4 Å². The number of rotatable bonds is 6. The van der Waals surface area contributed by atoms with Crippen LogP contribution in [-0.2, 0) is 17.5 Å². The summed E-state index contributed by atoms with van der Waals surface area (Å²) in [5, 5.41) is 4.61. The summed E-state index contributed by atoms with van der Waals surface area (Å²) in [4.78, 5) is 26.6. The van der Waals surface area contributed by atoms with E-state index in [1.807, 2.05) is 20.8 Å². The van der Waals surface area contributed by atoms with Crippen molar-refractivity contribution in [2.24, 2.45) is 0 Å². The van der Waals surface area contributed by atoms with E-state index in [9.17, 15) is 22.8 Å². The molecule has 0 bridgehead atoms. The number of alkyl halides is 3. The number of aromatic nitrogens is 2. The molecule has 1 aliphatic rings. The van der Waals surface area contributed by atoms with Crippen LogP contribution in [0.4, 0.5) is 18.0 Å². The first kappa shape index (κ1) is 26.6. The quantitative estimate of drug-likeness (QED) is 0.267. The van der Waals surface area contributed by atoms with Gasteiger partial charge in [0.1, 0.15) is 0 Å². The smallest absolute Gasteiger partial charge is 0.268 e. The Balaban J connectivity index is 1.53. The van der Waals surface area contributed by atoms with Crippen molar-refractivity contribution in [3.05, 3.63) is 69.2 Å². The number of hydrogen-bond donors (Lipinski definition) is 1. The van der Waals surface area contributed by atoms with Gasteiger partial charge in [0.05, 0.1) is 34.6 Å². The zero-order chi connectivity index (χ0) is 26.3. The standard InChI is InChI=1S/C24H22ClF3N4O2S2/c1-23(2,3)30-35-13-31-21(33)20(36-22(31)34)9-14-4-7-19-16(8-14)11-29-32(19)12-15-5-6-17(25)10-18(15)24(26,27)28/h4-11,30H,12-13H2,1-3H3/b20-9-. The van der Waals surface area contributed by atoms with Crippen LogP contribution in [0.3, 0.4) is 0 Å². The topological polar surface area (TPSA) is 67.2 Å². The van der Waals surface area contributed by atoms with Gasteiger partial charge in [0.15, 0.2) is 0 Å². The van der Waals surface area contributed by atoms with Crippen LogP contribution in [0.1, 0.15) is 37.5 Å². The molecule has 4 rings (SSSR count). The third kappa shape index (κ3) is 6.08. The van der Waals surface area contributed by atoms with E-state index in [0.717, 1.165) is 17.8 Å². The number of nitrogens with one attached hydrogen (secondary N) is 1. The molecule has 6 nitrogen and oxygen atoms in total. The highest BCUT2D eigenvalue weighted by atomic mass is 35.5. The second-order valence-electron chi connectivity index (χ2n) is 9.15. The van der Waals surface area contributed by atoms with Crippen molar-refractivity contribution >= 4 is 63.4 Å². The minimum Gasteiger partial charge on any atom is -0.268 e. The summed E-state index contributed by atoms with van der Waals surface area (Å²) in [7, 11) is 0. The van der Waals surface area contributed by atoms with E-state index in [-0.39, 0.29) is 39.7 Å². The first-order valence-corrected chi connectivity index (χ1v) is 13.0. The lowest BCUT2D eigenvalue weighted by Gasteiger charge is -2.21. The molecule has 0 unspecified atom stereocenters. The van der Waals surface area contributed by atoms with E-state index in [1.54, 1.807) is 30.5 Å². The van der Waals surface area contributed by atoms with Crippen molar-refractivity contribution in [3.8, 4) is 0 Å². The average molecular weight is 555 g/mol. The minimum absolute atomic E-state index is 0.00881. The predicted octanol–water partition coefficient (Wildman–Crippen LogP) is 6.79. The Labute approximate surface area is 219 Å². The second kappa shape index (κ2) is 10.1. The Morgan fingerprint density at radius 3 is 2.58 bits per heavy atom. The van der Waals surface area contributed by atoms with Gasteiger partial charge in [0.2, 0.25) is 0 Å². The molecule has 0 spiro atoms. The van der Waals surface area contributed by atoms with E-state index in [1.165, 1.54) is 33.7 Å². The molecule has 190 valence electrons. The molecule has 0 atom stereocenters. The third-order valence-corrected chi connectivity index (χ3v) is 7.39. The second-order valence-corrected chi connectivity index (χ2v) is 11.3. The van der Waals surface area contributed by atoms with Crippen molar-refractivity contribution in [3.63, 3.8) is 0 Å². The Morgan fingerprint density at radius 2 is 1.89 bits per heavy atom. The van der Waals surface area contributed by atoms with E-state index in [2.05, 4.69) is 9.82 Å². The van der Waals surface area contributed by atoms with Gasteiger partial charge in [-0.25, -0.2) is 0 Å². The molecule has 1 aromatic heterocycles. The van der Waals surface area contributed by atoms with Gasteiger partial charge in [-0.3, -0.25) is 23.9 Å². The number of hydrogen-bond acceptors (Lipinski definition) is 6. The van der Waals surface area contributed by atoms with E-state index >= 15 is 0 Å². The largest absolute Gasteiger partial charge is 0.416 e. The molecule has 36 heavy (non-hydrogen) atoms. The van der Waals surface area contributed by atoms with Gasteiger partial charge in [-0.05, 0) is 74.0 Å². The number of imide groups is 1. The van der Waals surface area contributed by atoms with Crippen LogP contribution >= 0.6 is 35.3 Å². The maximum atomic E-state index is 13.5. The summed E-state index contributed by atoms with van der Waals surface area (Å²) in [5.74, 6) is -0.179. The number of halogens is 4. The highest BCUT2D eigenvalue weighted by Crippen LogP contribution is 2.35. The molecule has 1 fully saturated rings. The summed E-state index contributed by atoms with van der Waals surface area (Å²) < 4.78 is 45.1. The van der Waals surface area contributed by atoms with Crippen molar-refractivity contribution in [1.29, 1.82) is 0 Å². The van der Waals surface area contributed by atoms with Gasteiger partial charge in [0, 0.05) is 15.9 Å². The summed E-state index contributed by atoms with van der Waals surface area (Å²) >= 11 is 7.93. The van der Waals surface area contributed by atoms with Crippen molar-refractivity contribution in [2.75, 3.05) is 5.88 Å². The number of nitrogens with zero attached hydrogens (tertiary/aromatic N) is 3. The normalized spacial score (nSPS) is 16.1. The van der Waals surface area contributed by atoms with Gasteiger partial charge in [-0.1, -0.05) is 35.7 Å². The first-order valence-electron chi connectivity index (χ1n) is 10.8. The molecule has 1 N–H and O–H groups in total. The zero-order valence-electron chi connectivity index (χ0n) is 19.5. The summed E-state index contributed by atoms with van der Waals surface area (Å²) in [5.41, 5.74) is 0.392. The molecule has 2 heterocycles. The zero-order valence-corrected chi connectivity index (χ0v) is 21.9. The lowest BCUT2D eigenvalue weighted by Crippen LogP contribution is -2.34.